The van der Waals surface area contributed by atoms with Gasteiger partial charge in [-0.05, 0) is 38.0 Å². The normalized spacial score (nSPS) is 17.5. The largest absolute Gasteiger partial charge is 0.507 e. The minimum atomic E-state index is -0.832. The topological polar surface area (TPSA) is 85.3 Å². The number of aliphatic hydroxyl groups is 1. The van der Waals surface area contributed by atoms with Gasteiger partial charge in [-0.2, -0.15) is 0 Å². The first-order valence-corrected chi connectivity index (χ1v) is 11.4. The van der Waals surface area contributed by atoms with Crippen LogP contribution in [0.1, 0.15) is 36.6 Å². The third-order valence-electron chi connectivity index (χ3n) is 5.60. The zero-order chi connectivity index (χ0) is 25.2. The molecule has 1 atom stereocenters. The molecule has 0 aromatic heterocycles. The van der Waals surface area contributed by atoms with E-state index >= 15 is 0 Å². The maximum absolute atomic E-state index is 13.2. The highest BCUT2D eigenvalue weighted by atomic mass is 35.5. The zero-order valence-electron chi connectivity index (χ0n) is 19.6. The number of amides is 1. The van der Waals surface area contributed by atoms with Crippen LogP contribution >= 0.6 is 23.2 Å². The van der Waals surface area contributed by atoms with Crippen molar-refractivity contribution in [1.29, 1.82) is 0 Å². The number of methoxy groups -OCH3 is 2. The highest BCUT2D eigenvalue weighted by Crippen LogP contribution is 2.47. The molecule has 1 N–H and O–H groups in total. The molecule has 1 amide bonds. The van der Waals surface area contributed by atoms with E-state index in [2.05, 4.69) is 0 Å². The zero-order valence-corrected chi connectivity index (χ0v) is 21.2. The van der Waals surface area contributed by atoms with Gasteiger partial charge in [-0.1, -0.05) is 47.5 Å². The maximum atomic E-state index is 13.2. The predicted molar refractivity (Wildman–Crippen MR) is 131 cm³/mol. The molecule has 0 aliphatic carbocycles. The molecule has 2 aromatic carbocycles. The van der Waals surface area contributed by atoms with Gasteiger partial charge in [0.15, 0.2) is 11.5 Å². The number of ketones is 1. The number of aryl methyl sites for hydroxylation is 1. The molecule has 1 heterocycles. The van der Waals surface area contributed by atoms with Gasteiger partial charge in [0, 0.05) is 6.54 Å². The van der Waals surface area contributed by atoms with Gasteiger partial charge in [0.25, 0.3) is 11.7 Å². The molecule has 9 heteroatoms. The predicted octanol–water partition coefficient (Wildman–Crippen LogP) is 5.17. The quantitative estimate of drug-likeness (QED) is 0.301. The Hall–Kier alpha value is -2.74. The highest BCUT2D eigenvalue weighted by Gasteiger charge is 2.46. The summed E-state index contributed by atoms with van der Waals surface area (Å²) in [6, 6.07) is 7.93. The van der Waals surface area contributed by atoms with Crippen molar-refractivity contribution in [2.75, 3.05) is 27.4 Å². The van der Waals surface area contributed by atoms with Crippen LogP contribution in [0, 0.1) is 6.92 Å². The summed E-state index contributed by atoms with van der Waals surface area (Å²) in [5.41, 5.74) is 1.55. The molecule has 0 radical (unpaired) electrons. The van der Waals surface area contributed by atoms with Gasteiger partial charge in [-0.3, -0.25) is 9.59 Å². The summed E-state index contributed by atoms with van der Waals surface area (Å²) in [5.74, 6) is -1.76. The van der Waals surface area contributed by atoms with Crippen molar-refractivity contribution in [3.05, 3.63) is 62.6 Å². The van der Waals surface area contributed by atoms with E-state index in [4.69, 9.17) is 37.4 Å². The van der Waals surface area contributed by atoms with Crippen molar-refractivity contribution in [3.63, 3.8) is 0 Å². The molecule has 0 bridgehead atoms. The summed E-state index contributed by atoms with van der Waals surface area (Å²) in [5, 5.41) is 11.5. The van der Waals surface area contributed by atoms with Gasteiger partial charge in [-0.25, -0.2) is 0 Å². The van der Waals surface area contributed by atoms with Crippen molar-refractivity contribution in [3.8, 4) is 11.5 Å². The van der Waals surface area contributed by atoms with Crippen molar-refractivity contribution in [2.45, 2.75) is 32.9 Å². The highest BCUT2D eigenvalue weighted by molar-refractivity contribution is 6.47. The van der Waals surface area contributed by atoms with E-state index in [1.165, 1.54) is 25.2 Å². The molecule has 1 saturated heterocycles. The Morgan fingerprint density at radius 1 is 1.12 bits per heavy atom. The number of carbonyl (C=O) groups excluding carboxylic acids is 2. The van der Waals surface area contributed by atoms with Crippen LogP contribution in [-0.2, 0) is 14.3 Å². The molecule has 7 nitrogen and oxygen atoms in total. The molecule has 0 spiro atoms. The standard InChI is InChI=1S/C25H27Cl2NO6/c1-13(2)34-11-10-28-20(15-9-7-6-8-14(15)3)18(22(30)25(28)31)21(29)16-12-17(26)24(33-5)19(27)23(16)32-4/h6-9,12-13,20,29H,10-11H2,1-5H3/b21-18+. The Balaban J connectivity index is 2.24. The molecule has 1 fully saturated rings. The van der Waals surface area contributed by atoms with E-state index in [0.717, 1.165) is 5.56 Å². The lowest BCUT2D eigenvalue weighted by molar-refractivity contribution is -0.140. The molecule has 2 aromatic rings. The number of carbonyl (C=O) groups is 2. The van der Waals surface area contributed by atoms with Crippen LogP contribution in [0.5, 0.6) is 11.5 Å². The van der Waals surface area contributed by atoms with Crippen LogP contribution in [0.4, 0.5) is 0 Å². The fourth-order valence-electron chi connectivity index (χ4n) is 4.01. The second kappa shape index (κ2) is 10.7. The Morgan fingerprint density at radius 2 is 1.76 bits per heavy atom. The number of aliphatic hydroxyl groups excluding tert-OH is 1. The first-order chi connectivity index (χ1) is 16.1. The van der Waals surface area contributed by atoms with Gasteiger partial charge in [0.05, 0.1) is 49.1 Å². The van der Waals surface area contributed by atoms with Crippen LogP contribution in [0.15, 0.2) is 35.9 Å². The number of halogens is 2. The maximum Gasteiger partial charge on any atom is 0.295 e. The Kier molecular flexibility index (Phi) is 8.13. The second-order valence-corrected chi connectivity index (χ2v) is 8.84. The number of Topliss-reactive ketones (excluding diaryl/α,β-unsaturated/α-hetero) is 1. The third-order valence-corrected chi connectivity index (χ3v) is 6.23. The van der Waals surface area contributed by atoms with Crippen LogP contribution in [0.25, 0.3) is 5.76 Å². The molecule has 1 unspecified atom stereocenters. The summed E-state index contributed by atoms with van der Waals surface area (Å²) in [6.07, 6.45) is -0.0402. The number of hydrogen-bond acceptors (Lipinski definition) is 6. The van der Waals surface area contributed by atoms with Crippen molar-refractivity contribution >= 4 is 40.7 Å². The smallest absolute Gasteiger partial charge is 0.295 e. The van der Waals surface area contributed by atoms with Crippen molar-refractivity contribution < 1.29 is 28.9 Å². The lowest BCUT2D eigenvalue weighted by atomic mass is 9.92. The lowest BCUT2D eigenvalue weighted by Gasteiger charge is -2.27. The summed E-state index contributed by atoms with van der Waals surface area (Å²) >= 11 is 12.7. The molecule has 182 valence electrons. The van der Waals surface area contributed by atoms with Crippen molar-refractivity contribution in [2.24, 2.45) is 0 Å². The minimum Gasteiger partial charge on any atom is -0.507 e. The summed E-state index contributed by atoms with van der Waals surface area (Å²) in [7, 11) is 2.76. The minimum absolute atomic E-state index is 0.0334. The summed E-state index contributed by atoms with van der Waals surface area (Å²) < 4.78 is 16.2. The van der Waals surface area contributed by atoms with Crippen LogP contribution in [0.3, 0.4) is 0 Å². The number of nitrogens with zero attached hydrogens (tertiary/aromatic N) is 1. The summed E-state index contributed by atoms with van der Waals surface area (Å²) in [4.78, 5) is 27.7. The van der Waals surface area contributed by atoms with Gasteiger partial charge in [0.2, 0.25) is 0 Å². The van der Waals surface area contributed by atoms with E-state index in [-0.39, 0.29) is 51.9 Å². The number of likely N-dealkylation sites (tertiary alicyclic amines) is 1. The Bertz CT molecular complexity index is 1140. The summed E-state index contributed by atoms with van der Waals surface area (Å²) in [6.45, 7) is 6.05. The molecule has 34 heavy (non-hydrogen) atoms. The van der Waals surface area contributed by atoms with E-state index in [1.807, 2.05) is 45.0 Å². The second-order valence-electron chi connectivity index (χ2n) is 8.06. The number of benzene rings is 2. The number of hydrogen-bond donors (Lipinski definition) is 1. The van der Waals surface area contributed by atoms with E-state index in [1.54, 1.807) is 0 Å². The first-order valence-electron chi connectivity index (χ1n) is 10.7. The first kappa shape index (κ1) is 25.9. The van der Waals surface area contributed by atoms with E-state index in [9.17, 15) is 14.7 Å². The average Bonchev–Trinajstić information content (AvgIpc) is 3.03. The number of ether oxygens (including phenoxy) is 3. The fourth-order valence-corrected chi connectivity index (χ4v) is 4.69. The van der Waals surface area contributed by atoms with Crippen LogP contribution in [0.2, 0.25) is 10.0 Å². The van der Waals surface area contributed by atoms with Gasteiger partial charge in [-0.15, -0.1) is 0 Å². The molecular weight excluding hydrogens is 481 g/mol. The molecule has 0 saturated carbocycles. The third kappa shape index (κ3) is 4.73. The fraction of sp³-hybridized carbons (Fsp3) is 0.360. The van der Waals surface area contributed by atoms with E-state index < -0.39 is 23.5 Å². The Morgan fingerprint density at radius 3 is 2.35 bits per heavy atom. The molecule has 1 aliphatic rings. The number of rotatable bonds is 8. The van der Waals surface area contributed by atoms with Crippen LogP contribution < -0.4 is 9.47 Å². The molecule has 1 aliphatic heterocycles. The Labute approximate surface area is 208 Å². The average molecular weight is 508 g/mol. The van der Waals surface area contributed by atoms with Crippen LogP contribution in [-0.4, -0.2) is 55.2 Å². The molecular formula is C25H27Cl2NO6. The van der Waals surface area contributed by atoms with E-state index in [0.29, 0.717) is 5.56 Å². The SMILES string of the molecule is COc1c(Cl)cc(/C(O)=C2\C(=O)C(=O)N(CCOC(C)C)C2c2ccccc2C)c(OC)c1Cl. The molecule has 3 rings (SSSR count). The van der Waals surface area contributed by atoms with Gasteiger partial charge < -0.3 is 24.2 Å². The lowest BCUT2D eigenvalue weighted by Crippen LogP contribution is -2.33. The monoisotopic (exact) mass is 507 g/mol. The van der Waals surface area contributed by atoms with Gasteiger partial charge in [0.1, 0.15) is 10.8 Å². The van der Waals surface area contributed by atoms with Gasteiger partial charge >= 0.3 is 0 Å². The van der Waals surface area contributed by atoms with Crippen molar-refractivity contribution in [1.82, 2.24) is 4.90 Å².